The van der Waals surface area contributed by atoms with E-state index in [2.05, 4.69) is 5.10 Å². The predicted molar refractivity (Wildman–Crippen MR) is 58.5 cm³/mol. The van der Waals surface area contributed by atoms with Crippen molar-refractivity contribution >= 4 is 0 Å². The second kappa shape index (κ2) is 3.87. The molecule has 0 aliphatic carbocycles. The Hall–Kier alpha value is -1.61. The maximum atomic E-state index is 10.1. The van der Waals surface area contributed by atoms with E-state index in [1.807, 2.05) is 50.2 Å². The van der Waals surface area contributed by atoms with Crippen LogP contribution in [0.25, 0.3) is 0 Å². The van der Waals surface area contributed by atoms with Gasteiger partial charge in [-0.2, -0.15) is 5.10 Å². The number of rotatable bonds is 2. The molecule has 2 rings (SSSR count). The van der Waals surface area contributed by atoms with Gasteiger partial charge in [0.25, 0.3) is 0 Å². The molecule has 1 aromatic carbocycles. The van der Waals surface area contributed by atoms with Crippen molar-refractivity contribution < 1.29 is 5.11 Å². The van der Waals surface area contributed by atoms with Crippen LogP contribution in [0, 0.1) is 13.8 Å². The van der Waals surface area contributed by atoms with Gasteiger partial charge in [-0.3, -0.25) is 0 Å². The van der Waals surface area contributed by atoms with Crippen LogP contribution in [-0.2, 0) is 0 Å². The monoisotopic (exact) mass is 202 g/mol. The van der Waals surface area contributed by atoms with Gasteiger partial charge in [-0.1, -0.05) is 30.3 Å². The lowest BCUT2D eigenvalue weighted by Crippen LogP contribution is -2.12. The van der Waals surface area contributed by atoms with Crippen LogP contribution in [0.15, 0.2) is 36.4 Å². The lowest BCUT2D eigenvalue weighted by Gasteiger charge is -2.13. The number of aliphatic hydroxyl groups excluding tert-OH is 1. The highest BCUT2D eigenvalue weighted by Gasteiger charge is 2.12. The molecular formula is C12H14N2O. The maximum absolute atomic E-state index is 10.1. The van der Waals surface area contributed by atoms with E-state index < -0.39 is 6.23 Å². The molecule has 2 aromatic rings. The Kier molecular flexibility index (Phi) is 2.56. The average Bonchev–Trinajstić information content (AvgIpc) is 2.58. The Morgan fingerprint density at radius 1 is 1.20 bits per heavy atom. The van der Waals surface area contributed by atoms with Crippen LogP contribution in [0.1, 0.15) is 23.2 Å². The van der Waals surface area contributed by atoms with Crippen LogP contribution in [-0.4, -0.2) is 14.9 Å². The van der Waals surface area contributed by atoms with Crippen molar-refractivity contribution in [1.82, 2.24) is 9.78 Å². The minimum absolute atomic E-state index is 0.695. The van der Waals surface area contributed by atoms with Gasteiger partial charge in [0.2, 0.25) is 0 Å². The van der Waals surface area contributed by atoms with Gasteiger partial charge in [0.15, 0.2) is 6.23 Å². The van der Waals surface area contributed by atoms with Gasteiger partial charge in [0.05, 0.1) is 5.69 Å². The molecule has 1 heterocycles. The number of aromatic nitrogens is 2. The molecular weight excluding hydrogens is 188 g/mol. The van der Waals surface area contributed by atoms with Gasteiger partial charge in [-0.15, -0.1) is 0 Å². The molecule has 1 N–H and O–H groups in total. The predicted octanol–water partition coefficient (Wildman–Crippen LogP) is 2.04. The van der Waals surface area contributed by atoms with E-state index >= 15 is 0 Å². The van der Waals surface area contributed by atoms with Crippen molar-refractivity contribution in [2.75, 3.05) is 0 Å². The van der Waals surface area contributed by atoms with Crippen molar-refractivity contribution in [2.24, 2.45) is 0 Å². The molecule has 0 radical (unpaired) electrons. The van der Waals surface area contributed by atoms with E-state index in [0.29, 0.717) is 0 Å². The Bertz CT molecular complexity index is 448. The van der Waals surface area contributed by atoms with Crippen molar-refractivity contribution in [3.63, 3.8) is 0 Å². The number of nitrogens with zero attached hydrogens (tertiary/aromatic N) is 2. The van der Waals surface area contributed by atoms with Crippen LogP contribution >= 0.6 is 0 Å². The molecule has 0 aliphatic rings. The number of aliphatic hydroxyl groups is 1. The first-order chi connectivity index (χ1) is 7.18. The van der Waals surface area contributed by atoms with E-state index in [1.54, 1.807) is 4.68 Å². The fraction of sp³-hybridized carbons (Fsp3) is 0.250. The maximum Gasteiger partial charge on any atom is 0.173 e. The van der Waals surface area contributed by atoms with Crippen LogP contribution in [0.4, 0.5) is 0 Å². The van der Waals surface area contributed by atoms with Gasteiger partial charge >= 0.3 is 0 Å². The zero-order valence-corrected chi connectivity index (χ0v) is 8.88. The Morgan fingerprint density at radius 2 is 1.87 bits per heavy atom. The molecule has 0 saturated heterocycles. The highest BCUT2D eigenvalue weighted by molar-refractivity contribution is 5.19. The van der Waals surface area contributed by atoms with E-state index in [0.717, 1.165) is 17.0 Å². The summed E-state index contributed by atoms with van der Waals surface area (Å²) in [4.78, 5) is 0. The third kappa shape index (κ3) is 1.92. The summed E-state index contributed by atoms with van der Waals surface area (Å²) in [5.41, 5.74) is 2.73. The van der Waals surface area contributed by atoms with Gasteiger partial charge in [0.1, 0.15) is 0 Å². The topological polar surface area (TPSA) is 38.0 Å². The van der Waals surface area contributed by atoms with E-state index in [9.17, 15) is 5.11 Å². The standard InChI is InChI=1S/C12H14N2O/c1-9-8-10(2)14(13-9)12(15)11-6-4-3-5-7-11/h3-8,12,15H,1-2H3. The molecule has 0 amide bonds. The molecule has 78 valence electrons. The number of hydrogen-bond donors (Lipinski definition) is 1. The molecule has 0 spiro atoms. The molecule has 1 atom stereocenters. The number of hydrogen-bond acceptors (Lipinski definition) is 2. The third-order valence-corrected chi connectivity index (χ3v) is 2.37. The fourth-order valence-electron chi connectivity index (χ4n) is 1.66. The van der Waals surface area contributed by atoms with Gasteiger partial charge < -0.3 is 5.11 Å². The zero-order valence-electron chi connectivity index (χ0n) is 8.88. The third-order valence-electron chi connectivity index (χ3n) is 2.37. The summed E-state index contributed by atoms with van der Waals surface area (Å²) in [5, 5.41) is 14.3. The highest BCUT2D eigenvalue weighted by Crippen LogP contribution is 2.16. The molecule has 1 aromatic heterocycles. The van der Waals surface area contributed by atoms with Crippen LogP contribution < -0.4 is 0 Å². The highest BCUT2D eigenvalue weighted by atomic mass is 16.3. The van der Waals surface area contributed by atoms with Crippen LogP contribution in [0.2, 0.25) is 0 Å². The summed E-state index contributed by atoms with van der Waals surface area (Å²) in [6, 6.07) is 11.5. The Balaban J connectivity index is 2.36. The van der Waals surface area contributed by atoms with Crippen molar-refractivity contribution in [2.45, 2.75) is 20.1 Å². The molecule has 0 saturated carbocycles. The van der Waals surface area contributed by atoms with E-state index in [-0.39, 0.29) is 0 Å². The summed E-state index contributed by atoms with van der Waals surface area (Å²) >= 11 is 0. The summed E-state index contributed by atoms with van der Waals surface area (Å²) in [7, 11) is 0. The smallest absolute Gasteiger partial charge is 0.173 e. The Labute approximate surface area is 89.0 Å². The summed E-state index contributed by atoms with van der Waals surface area (Å²) in [6.45, 7) is 3.85. The van der Waals surface area contributed by atoms with Crippen molar-refractivity contribution in [3.8, 4) is 0 Å². The average molecular weight is 202 g/mol. The first-order valence-electron chi connectivity index (χ1n) is 4.94. The molecule has 15 heavy (non-hydrogen) atoms. The normalized spacial score (nSPS) is 12.7. The van der Waals surface area contributed by atoms with Crippen molar-refractivity contribution in [3.05, 3.63) is 53.3 Å². The van der Waals surface area contributed by atoms with Crippen molar-refractivity contribution in [1.29, 1.82) is 0 Å². The largest absolute Gasteiger partial charge is 0.368 e. The van der Waals surface area contributed by atoms with E-state index in [1.165, 1.54) is 0 Å². The first kappa shape index (κ1) is 9.93. The molecule has 0 aliphatic heterocycles. The minimum atomic E-state index is -0.695. The lowest BCUT2D eigenvalue weighted by molar-refractivity contribution is 0.129. The molecule has 3 nitrogen and oxygen atoms in total. The van der Waals surface area contributed by atoms with Crippen LogP contribution in [0.5, 0.6) is 0 Å². The fourth-order valence-corrected chi connectivity index (χ4v) is 1.66. The SMILES string of the molecule is Cc1cc(C)n(C(O)c2ccccc2)n1. The number of aryl methyl sites for hydroxylation is 2. The second-order valence-electron chi connectivity index (χ2n) is 3.66. The van der Waals surface area contributed by atoms with Gasteiger partial charge in [0, 0.05) is 11.3 Å². The molecule has 0 bridgehead atoms. The Morgan fingerprint density at radius 3 is 2.40 bits per heavy atom. The second-order valence-corrected chi connectivity index (χ2v) is 3.66. The van der Waals surface area contributed by atoms with Gasteiger partial charge in [-0.05, 0) is 19.9 Å². The van der Waals surface area contributed by atoms with Gasteiger partial charge in [-0.25, -0.2) is 4.68 Å². The lowest BCUT2D eigenvalue weighted by atomic mass is 10.2. The summed E-state index contributed by atoms with van der Waals surface area (Å²) < 4.78 is 1.63. The molecule has 3 heteroatoms. The summed E-state index contributed by atoms with van der Waals surface area (Å²) in [5.74, 6) is 0. The summed E-state index contributed by atoms with van der Waals surface area (Å²) in [6.07, 6.45) is -0.695. The molecule has 0 fully saturated rings. The number of benzene rings is 1. The quantitative estimate of drug-likeness (QED) is 0.809. The zero-order chi connectivity index (χ0) is 10.8. The molecule has 1 unspecified atom stereocenters. The minimum Gasteiger partial charge on any atom is -0.368 e. The van der Waals surface area contributed by atoms with E-state index in [4.69, 9.17) is 0 Å². The first-order valence-corrected chi connectivity index (χ1v) is 4.94. The van der Waals surface area contributed by atoms with Crippen LogP contribution in [0.3, 0.4) is 0 Å².